The summed E-state index contributed by atoms with van der Waals surface area (Å²) in [6, 6.07) is 18.7. The molecule has 0 fully saturated rings. The molecule has 0 aliphatic carbocycles. The van der Waals surface area contributed by atoms with Crippen LogP contribution in [0.1, 0.15) is 30.0 Å². The van der Waals surface area contributed by atoms with E-state index in [0.717, 1.165) is 11.8 Å². The molecule has 43 heavy (non-hydrogen) atoms. The van der Waals surface area contributed by atoms with Crippen LogP contribution in [0.25, 0.3) is 5.69 Å². The van der Waals surface area contributed by atoms with E-state index in [1.807, 2.05) is 0 Å². The lowest BCUT2D eigenvalue weighted by molar-refractivity contribution is -0.113. The van der Waals surface area contributed by atoms with Gasteiger partial charge in [-0.2, -0.15) is 4.31 Å². The Hall–Kier alpha value is -4.27. The number of methoxy groups -OCH3 is 1. The van der Waals surface area contributed by atoms with Crippen LogP contribution in [0.4, 0.5) is 10.1 Å². The molecule has 0 spiro atoms. The van der Waals surface area contributed by atoms with Gasteiger partial charge in [0.1, 0.15) is 11.6 Å². The Morgan fingerprint density at radius 1 is 0.977 bits per heavy atom. The van der Waals surface area contributed by atoms with Crippen molar-refractivity contribution in [3.05, 3.63) is 90.0 Å². The monoisotopic (exact) mass is 626 g/mol. The normalized spacial score (nSPS) is 11.4. The molecule has 2 N–H and O–H groups in total. The Morgan fingerprint density at radius 3 is 2.33 bits per heavy atom. The third-order valence-electron chi connectivity index (χ3n) is 6.37. The number of aromatic nitrogens is 3. The molecule has 2 amide bonds. The number of nitrogens with zero attached hydrogens (tertiary/aromatic N) is 4. The lowest BCUT2D eigenvalue weighted by atomic mass is 10.2. The maximum atomic E-state index is 14.0. The number of benzene rings is 3. The molecule has 226 valence electrons. The number of thioether (sulfide) groups is 1. The van der Waals surface area contributed by atoms with E-state index in [-0.39, 0.29) is 28.4 Å². The van der Waals surface area contributed by atoms with Crippen LogP contribution in [0.5, 0.6) is 5.75 Å². The predicted molar refractivity (Wildman–Crippen MR) is 161 cm³/mol. The average molecular weight is 627 g/mol. The minimum Gasteiger partial charge on any atom is -0.495 e. The van der Waals surface area contributed by atoms with Crippen molar-refractivity contribution in [1.29, 1.82) is 0 Å². The van der Waals surface area contributed by atoms with Crippen molar-refractivity contribution in [2.75, 3.05) is 31.3 Å². The molecule has 0 bridgehead atoms. The smallest absolute Gasteiger partial charge is 0.251 e. The average Bonchev–Trinajstić information content (AvgIpc) is 3.43. The SMILES string of the molecule is CCN(CC)S(=O)(=O)c1ccc(C(=O)NCc2nnc(SCC(=O)Nc3ccccc3F)n2-c2ccccc2OC)cc1. The zero-order valence-corrected chi connectivity index (χ0v) is 25.4. The number of para-hydroxylation sites is 3. The van der Waals surface area contributed by atoms with Gasteiger partial charge in [0.05, 0.1) is 35.7 Å². The zero-order chi connectivity index (χ0) is 31.0. The maximum absolute atomic E-state index is 14.0. The van der Waals surface area contributed by atoms with Crippen molar-refractivity contribution in [1.82, 2.24) is 24.4 Å². The van der Waals surface area contributed by atoms with Gasteiger partial charge >= 0.3 is 0 Å². The van der Waals surface area contributed by atoms with Crippen molar-refractivity contribution in [3.63, 3.8) is 0 Å². The summed E-state index contributed by atoms with van der Waals surface area (Å²) < 4.78 is 48.0. The summed E-state index contributed by atoms with van der Waals surface area (Å²) in [5.74, 6) is -0.647. The fourth-order valence-electron chi connectivity index (χ4n) is 4.20. The lowest BCUT2D eigenvalue weighted by Gasteiger charge is -2.18. The number of nitrogens with one attached hydrogen (secondary N) is 2. The number of sulfonamides is 1. The minimum absolute atomic E-state index is 0.0363. The molecule has 0 saturated heterocycles. The maximum Gasteiger partial charge on any atom is 0.251 e. The number of halogens is 1. The van der Waals surface area contributed by atoms with Gasteiger partial charge in [0.2, 0.25) is 15.9 Å². The topological polar surface area (TPSA) is 136 Å². The second-order valence-electron chi connectivity index (χ2n) is 9.02. The molecule has 0 aliphatic heterocycles. The van der Waals surface area contributed by atoms with E-state index in [9.17, 15) is 22.4 Å². The standard InChI is InChI=1S/C29H31FN6O5S2/c1-4-35(5-2)43(39,40)21-16-14-20(15-17-21)28(38)31-18-26-33-34-29(36(26)24-12-8-9-13-25(24)41-3)42-19-27(37)32-23-11-7-6-10-22(23)30/h6-17H,4-5,18-19H2,1-3H3,(H,31,38)(H,32,37). The van der Waals surface area contributed by atoms with E-state index < -0.39 is 27.7 Å². The van der Waals surface area contributed by atoms with Crippen molar-refractivity contribution >= 4 is 39.3 Å². The third kappa shape index (κ3) is 7.39. The summed E-state index contributed by atoms with van der Waals surface area (Å²) in [5, 5.41) is 14.1. The van der Waals surface area contributed by atoms with Crippen LogP contribution in [0.15, 0.2) is 82.8 Å². The molecule has 0 aliphatic rings. The summed E-state index contributed by atoms with van der Waals surface area (Å²) in [4.78, 5) is 25.6. The Balaban J connectivity index is 1.52. The first-order valence-corrected chi connectivity index (χ1v) is 15.7. The Bertz CT molecular complexity index is 1690. The molecule has 0 saturated carbocycles. The first-order valence-electron chi connectivity index (χ1n) is 13.3. The molecule has 11 nitrogen and oxygen atoms in total. The minimum atomic E-state index is -3.65. The summed E-state index contributed by atoms with van der Waals surface area (Å²) in [7, 11) is -2.13. The van der Waals surface area contributed by atoms with Crippen LogP contribution in [-0.4, -0.2) is 65.3 Å². The number of rotatable bonds is 13. The fourth-order valence-corrected chi connectivity index (χ4v) is 6.42. The molecule has 0 radical (unpaired) electrons. The quantitative estimate of drug-likeness (QED) is 0.212. The van der Waals surface area contributed by atoms with E-state index in [2.05, 4.69) is 20.8 Å². The van der Waals surface area contributed by atoms with Gasteiger partial charge in [-0.15, -0.1) is 10.2 Å². The third-order valence-corrected chi connectivity index (χ3v) is 9.37. The Labute approximate surface area is 253 Å². The number of hydrogen-bond donors (Lipinski definition) is 2. The first-order chi connectivity index (χ1) is 20.7. The number of hydrogen-bond acceptors (Lipinski definition) is 8. The van der Waals surface area contributed by atoms with Crippen LogP contribution in [-0.2, 0) is 21.4 Å². The summed E-state index contributed by atoms with van der Waals surface area (Å²) in [6.07, 6.45) is 0. The fraction of sp³-hybridized carbons (Fsp3) is 0.241. The summed E-state index contributed by atoms with van der Waals surface area (Å²) in [5.41, 5.74) is 0.921. The van der Waals surface area contributed by atoms with Crippen LogP contribution in [0.3, 0.4) is 0 Å². The molecule has 0 atom stereocenters. The lowest BCUT2D eigenvalue weighted by Crippen LogP contribution is -2.30. The van der Waals surface area contributed by atoms with Gasteiger partial charge in [-0.05, 0) is 48.5 Å². The first kappa shape index (κ1) is 31.7. The van der Waals surface area contributed by atoms with Gasteiger partial charge in [0.15, 0.2) is 11.0 Å². The van der Waals surface area contributed by atoms with E-state index in [0.29, 0.717) is 35.5 Å². The van der Waals surface area contributed by atoms with Gasteiger partial charge < -0.3 is 15.4 Å². The second kappa shape index (κ2) is 14.3. The predicted octanol–water partition coefficient (Wildman–Crippen LogP) is 4.11. The van der Waals surface area contributed by atoms with E-state index >= 15 is 0 Å². The number of anilines is 1. The number of amides is 2. The highest BCUT2D eigenvalue weighted by Gasteiger charge is 2.23. The van der Waals surface area contributed by atoms with Gasteiger partial charge in [-0.25, -0.2) is 12.8 Å². The van der Waals surface area contributed by atoms with Gasteiger partial charge in [-0.1, -0.05) is 49.9 Å². The number of ether oxygens (including phenoxy) is 1. The molecule has 1 heterocycles. The second-order valence-corrected chi connectivity index (χ2v) is 11.9. The molecule has 0 unspecified atom stereocenters. The van der Waals surface area contributed by atoms with Crippen LogP contribution in [0, 0.1) is 5.82 Å². The number of carbonyl (C=O) groups is 2. The highest BCUT2D eigenvalue weighted by Crippen LogP contribution is 2.29. The summed E-state index contributed by atoms with van der Waals surface area (Å²) >= 11 is 1.08. The van der Waals surface area contributed by atoms with Crippen molar-refractivity contribution in [2.24, 2.45) is 0 Å². The van der Waals surface area contributed by atoms with Crippen molar-refractivity contribution in [3.8, 4) is 11.4 Å². The molecule has 4 aromatic rings. The van der Waals surface area contributed by atoms with Gasteiger partial charge in [-0.3, -0.25) is 14.2 Å². The largest absolute Gasteiger partial charge is 0.495 e. The van der Waals surface area contributed by atoms with Crippen molar-refractivity contribution in [2.45, 2.75) is 30.4 Å². The summed E-state index contributed by atoms with van der Waals surface area (Å²) in [6.45, 7) is 4.16. The zero-order valence-electron chi connectivity index (χ0n) is 23.8. The number of carbonyl (C=O) groups excluding carboxylic acids is 2. The van der Waals surface area contributed by atoms with E-state index in [1.54, 1.807) is 48.7 Å². The van der Waals surface area contributed by atoms with Gasteiger partial charge in [0.25, 0.3) is 5.91 Å². The van der Waals surface area contributed by atoms with E-state index in [1.165, 1.54) is 53.9 Å². The molecular formula is C29H31FN6O5S2. The molecule has 4 rings (SSSR count). The van der Waals surface area contributed by atoms with Crippen LogP contribution in [0.2, 0.25) is 0 Å². The molecule has 14 heteroatoms. The Kier molecular flexibility index (Phi) is 10.5. The van der Waals surface area contributed by atoms with Crippen LogP contribution < -0.4 is 15.4 Å². The highest BCUT2D eigenvalue weighted by atomic mass is 32.2. The molecule has 1 aromatic heterocycles. The van der Waals surface area contributed by atoms with Gasteiger partial charge in [0, 0.05) is 18.7 Å². The van der Waals surface area contributed by atoms with Crippen molar-refractivity contribution < 1.29 is 27.1 Å². The highest BCUT2D eigenvalue weighted by molar-refractivity contribution is 7.99. The Morgan fingerprint density at radius 2 is 1.65 bits per heavy atom. The van der Waals surface area contributed by atoms with E-state index in [4.69, 9.17) is 4.74 Å². The van der Waals surface area contributed by atoms with Crippen LogP contribution >= 0.6 is 11.8 Å². The molecule has 3 aromatic carbocycles. The molecular weight excluding hydrogens is 595 g/mol.